The summed E-state index contributed by atoms with van der Waals surface area (Å²) in [6, 6.07) is 5.86. The van der Waals surface area contributed by atoms with E-state index < -0.39 is 18.1 Å². The molecule has 0 aromatic heterocycles. The van der Waals surface area contributed by atoms with Gasteiger partial charge in [-0.15, -0.1) is 0 Å². The second-order valence-corrected chi connectivity index (χ2v) is 3.56. The quantitative estimate of drug-likeness (QED) is 0.676. The maximum atomic E-state index is 10.6. The second-order valence-electron chi connectivity index (χ2n) is 3.56. The molecule has 0 aliphatic heterocycles. The Morgan fingerprint density at radius 2 is 2.19 bits per heavy atom. The minimum Gasteiger partial charge on any atom is -0.497 e. The van der Waals surface area contributed by atoms with Crippen LogP contribution in [0.4, 0.5) is 0 Å². The lowest BCUT2D eigenvalue weighted by Crippen LogP contribution is -2.33. The Morgan fingerprint density at radius 3 is 2.75 bits per heavy atom. The molecule has 0 radical (unpaired) electrons. The first-order valence-corrected chi connectivity index (χ1v) is 4.92. The highest BCUT2D eigenvalue weighted by Crippen LogP contribution is 2.20. The first-order valence-electron chi connectivity index (χ1n) is 4.92. The van der Waals surface area contributed by atoms with Gasteiger partial charge in [0.15, 0.2) is 0 Å². The fourth-order valence-electron chi connectivity index (χ4n) is 1.38. The molecule has 0 saturated heterocycles. The number of hydrogen-bond acceptors (Lipinski definition) is 4. The molecule has 0 bridgehead atoms. The number of carboxylic acids is 1. The summed E-state index contributed by atoms with van der Waals surface area (Å²) in [6.07, 6.45) is 0.197. The van der Waals surface area contributed by atoms with E-state index >= 15 is 0 Å². The van der Waals surface area contributed by atoms with Crippen molar-refractivity contribution in [3.05, 3.63) is 29.8 Å². The van der Waals surface area contributed by atoms with Crippen LogP contribution >= 0.6 is 0 Å². The molecule has 88 valence electrons. The third-order valence-electron chi connectivity index (χ3n) is 2.35. The van der Waals surface area contributed by atoms with Crippen LogP contribution in [0.3, 0.4) is 0 Å². The maximum Gasteiger partial charge on any atom is 0.320 e. The van der Waals surface area contributed by atoms with Crippen molar-refractivity contribution in [2.24, 2.45) is 11.5 Å². The van der Waals surface area contributed by atoms with Crippen LogP contribution in [0.25, 0.3) is 0 Å². The third kappa shape index (κ3) is 3.22. The normalized spacial score (nSPS) is 14.2. The van der Waals surface area contributed by atoms with Crippen LogP contribution in [-0.2, 0) is 4.79 Å². The maximum absolute atomic E-state index is 10.6. The molecule has 0 spiro atoms. The van der Waals surface area contributed by atoms with Crippen LogP contribution in [0, 0.1) is 0 Å². The van der Waals surface area contributed by atoms with Crippen molar-refractivity contribution < 1.29 is 14.6 Å². The lowest BCUT2D eigenvalue weighted by molar-refractivity contribution is -0.138. The van der Waals surface area contributed by atoms with E-state index in [0.29, 0.717) is 5.75 Å². The minimum absolute atomic E-state index is 0.197. The predicted molar refractivity (Wildman–Crippen MR) is 60.2 cm³/mol. The van der Waals surface area contributed by atoms with Crippen LogP contribution in [0.15, 0.2) is 24.3 Å². The molecule has 0 heterocycles. The van der Waals surface area contributed by atoms with Gasteiger partial charge in [0.1, 0.15) is 11.8 Å². The zero-order chi connectivity index (χ0) is 12.1. The molecular formula is C11H16N2O3. The van der Waals surface area contributed by atoms with E-state index in [9.17, 15) is 4.79 Å². The van der Waals surface area contributed by atoms with Gasteiger partial charge in [-0.1, -0.05) is 12.1 Å². The van der Waals surface area contributed by atoms with Crippen molar-refractivity contribution in [3.63, 3.8) is 0 Å². The second kappa shape index (κ2) is 5.48. The van der Waals surface area contributed by atoms with Gasteiger partial charge in [0.25, 0.3) is 0 Å². The molecule has 2 unspecified atom stereocenters. The Bertz CT molecular complexity index is 368. The lowest BCUT2D eigenvalue weighted by Gasteiger charge is -2.15. The molecule has 5 heteroatoms. The van der Waals surface area contributed by atoms with Crippen LogP contribution in [0.1, 0.15) is 18.0 Å². The van der Waals surface area contributed by atoms with Crippen LogP contribution in [-0.4, -0.2) is 24.2 Å². The molecule has 5 nitrogen and oxygen atoms in total. The molecule has 5 N–H and O–H groups in total. The van der Waals surface area contributed by atoms with Gasteiger partial charge >= 0.3 is 5.97 Å². The number of ether oxygens (including phenoxy) is 1. The average molecular weight is 224 g/mol. The summed E-state index contributed by atoms with van der Waals surface area (Å²) in [5, 5.41) is 8.67. The summed E-state index contributed by atoms with van der Waals surface area (Å²) in [4.78, 5) is 10.6. The highest BCUT2D eigenvalue weighted by atomic mass is 16.5. The van der Waals surface area contributed by atoms with Crippen molar-refractivity contribution in [1.29, 1.82) is 0 Å². The number of aliphatic carboxylic acids is 1. The molecule has 0 saturated carbocycles. The molecule has 0 amide bonds. The topological polar surface area (TPSA) is 98.6 Å². The molecule has 0 aliphatic rings. The van der Waals surface area contributed by atoms with Crippen LogP contribution in [0.2, 0.25) is 0 Å². The highest BCUT2D eigenvalue weighted by molar-refractivity contribution is 5.73. The molecule has 1 rings (SSSR count). The lowest BCUT2D eigenvalue weighted by atomic mass is 10.0. The standard InChI is InChI=1S/C11H16N2O3/c1-16-8-4-2-3-7(5-8)9(12)6-10(13)11(14)15/h2-5,9-10H,6,12-13H2,1H3,(H,14,15). The fraction of sp³-hybridized carbons (Fsp3) is 0.364. The molecule has 2 atom stereocenters. The fourth-order valence-corrected chi connectivity index (χ4v) is 1.38. The number of methoxy groups -OCH3 is 1. The Kier molecular flexibility index (Phi) is 4.28. The molecule has 1 aromatic rings. The molecule has 1 aromatic carbocycles. The number of rotatable bonds is 5. The van der Waals surface area contributed by atoms with E-state index in [4.69, 9.17) is 21.3 Å². The smallest absolute Gasteiger partial charge is 0.320 e. The average Bonchev–Trinajstić information content (AvgIpc) is 2.28. The van der Waals surface area contributed by atoms with Crippen LogP contribution in [0.5, 0.6) is 5.75 Å². The van der Waals surface area contributed by atoms with Gasteiger partial charge in [-0.2, -0.15) is 0 Å². The van der Waals surface area contributed by atoms with Gasteiger partial charge in [0.05, 0.1) is 7.11 Å². The van der Waals surface area contributed by atoms with Crippen LogP contribution < -0.4 is 16.2 Å². The zero-order valence-corrected chi connectivity index (χ0v) is 9.09. The van der Waals surface area contributed by atoms with Crippen molar-refractivity contribution in [2.45, 2.75) is 18.5 Å². The summed E-state index contributed by atoms with van der Waals surface area (Å²) < 4.78 is 5.05. The van der Waals surface area contributed by atoms with E-state index in [1.54, 1.807) is 25.3 Å². The number of hydrogen-bond donors (Lipinski definition) is 3. The SMILES string of the molecule is COc1cccc(C(N)CC(N)C(=O)O)c1. The molecular weight excluding hydrogens is 208 g/mol. The van der Waals surface area contributed by atoms with Crippen molar-refractivity contribution >= 4 is 5.97 Å². The first kappa shape index (κ1) is 12.5. The largest absolute Gasteiger partial charge is 0.497 e. The highest BCUT2D eigenvalue weighted by Gasteiger charge is 2.17. The third-order valence-corrected chi connectivity index (χ3v) is 2.35. The predicted octanol–water partition coefficient (Wildman–Crippen LogP) is 0.497. The summed E-state index contributed by atoms with van der Waals surface area (Å²) in [5.74, 6) is -0.352. The molecule has 16 heavy (non-hydrogen) atoms. The minimum atomic E-state index is -1.04. The van der Waals surface area contributed by atoms with Crippen molar-refractivity contribution in [1.82, 2.24) is 0 Å². The summed E-state index contributed by atoms with van der Waals surface area (Å²) >= 11 is 0. The Hall–Kier alpha value is -1.59. The van der Waals surface area contributed by atoms with Gasteiger partial charge < -0.3 is 21.3 Å². The van der Waals surface area contributed by atoms with Crippen molar-refractivity contribution in [2.75, 3.05) is 7.11 Å². The number of nitrogens with two attached hydrogens (primary N) is 2. The molecule has 0 fully saturated rings. The summed E-state index contributed by atoms with van der Waals surface area (Å²) in [5.41, 5.74) is 12.1. The zero-order valence-electron chi connectivity index (χ0n) is 9.09. The first-order chi connectivity index (χ1) is 7.54. The monoisotopic (exact) mass is 224 g/mol. The van der Waals surface area contributed by atoms with Gasteiger partial charge in [-0.05, 0) is 24.1 Å². The summed E-state index contributed by atoms with van der Waals surface area (Å²) in [7, 11) is 1.56. The Balaban J connectivity index is 2.72. The molecule has 0 aliphatic carbocycles. The van der Waals surface area contributed by atoms with E-state index in [-0.39, 0.29) is 6.42 Å². The Labute approximate surface area is 94.0 Å². The summed E-state index contributed by atoms with van der Waals surface area (Å²) in [6.45, 7) is 0. The van der Waals surface area contributed by atoms with Gasteiger partial charge in [-0.25, -0.2) is 0 Å². The van der Waals surface area contributed by atoms with E-state index in [1.807, 2.05) is 6.07 Å². The van der Waals surface area contributed by atoms with Gasteiger partial charge in [0, 0.05) is 6.04 Å². The Morgan fingerprint density at radius 1 is 1.50 bits per heavy atom. The number of carbonyl (C=O) groups is 1. The van der Waals surface area contributed by atoms with E-state index in [0.717, 1.165) is 5.56 Å². The van der Waals surface area contributed by atoms with Crippen molar-refractivity contribution in [3.8, 4) is 5.75 Å². The number of benzene rings is 1. The van der Waals surface area contributed by atoms with Gasteiger partial charge in [-0.3, -0.25) is 4.79 Å². The van der Waals surface area contributed by atoms with Gasteiger partial charge in [0.2, 0.25) is 0 Å². The van der Waals surface area contributed by atoms with E-state index in [1.165, 1.54) is 0 Å². The number of carboxylic acid groups (broad SMARTS) is 1. The van der Waals surface area contributed by atoms with E-state index in [2.05, 4.69) is 0 Å².